The summed E-state index contributed by atoms with van der Waals surface area (Å²) < 4.78 is 4.98. The Labute approximate surface area is 84.8 Å². The molecule has 0 N–H and O–H groups in total. The summed E-state index contributed by atoms with van der Waals surface area (Å²) in [5.74, 6) is 1.12. The van der Waals surface area contributed by atoms with Gasteiger partial charge in [0, 0.05) is 23.8 Å². The van der Waals surface area contributed by atoms with Crippen LogP contribution in [-0.2, 0) is 6.42 Å². The zero-order chi connectivity index (χ0) is 9.80. The van der Waals surface area contributed by atoms with E-state index in [1.165, 1.54) is 0 Å². The first-order chi connectivity index (χ1) is 6.90. The van der Waals surface area contributed by atoms with Crippen LogP contribution < -0.4 is 0 Å². The highest BCUT2D eigenvalue weighted by molar-refractivity contribution is 7.08. The summed E-state index contributed by atoms with van der Waals surface area (Å²) in [7, 11) is 0. The first-order valence-corrected chi connectivity index (χ1v) is 5.06. The lowest BCUT2D eigenvalue weighted by Gasteiger charge is -1.83. The van der Waals surface area contributed by atoms with Crippen LogP contribution >= 0.6 is 11.3 Å². The lowest BCUT2D eigenvalue weighted by molar-refractivity contribution is 0.380. The molecule has 0 radical (unpaired) electrons. The van der Waals surface area contributed by atoms with Crippen molar-refractivity contribution in [2.75, 3.05) is 0 Å². The van der Waals surface area contributed by atoms with Gasteiger partial charge in [-0.25, -0.2) is 0 Å². The van der Waals surface area contributed by atoms with Crippen molar-refractivity contribution in [1.82, 2.24) is 10.1 Å². The Balaban J connectivity index is 2.15. The predicted molar refractivity (Wildman–Crippen MR) is 51.5 cm³/mol. The van der Waals surface area contributed by atoms with Gasteiger partial charge in [-0.3, -0.25) is 0 Å². The van der Waals surface area contributed by atoms with E-state index in [1.54, 1.807) is 11.3 Å². The maximum Gasteiger partial charge on any atom is 0.227 e. The quantitative estimate of drug-likeness (QED) is 0.771. The molecule has 0 fully saturated rings. The molecule has 2 rings (SSSR count). The minimum Gasteiger partial charge on any atom is -0.339 e. The Morgan fingerprint density at radius 1 is 1.57 bits per heavy atom. The van der Waals surface area contributed by atoms with Gasteiger partial charge in [0.05, 0.1) is 6.07 Å². The Morgan fingerprint density at radius 3 is 3.21 bits per heavy atom. The first-order valence-electron chi connectivity index (χ1n) is 4.12. The van der Waals surface area contributed by atoms with E-state index in [0.29, 0.717) is 24.6 Å². The van der Waals surface area contributed by atoms with Crippen LogP contribution in [0.2, 0.25) is 0 Å². The highest BCUT2D eigenvalue weighted by Crippen LogP contribution is 2.18. The standard InChI is InChI=1S/C9H7N3OS/c10-4-1-2-8-11-9(12-13-8)7-3-5-14-6-7/h3,5-6H,1-2H2. The van der Waals surface area contributed by atoms with Crippen LogP contribution in [0, 0.1) is 11.3 Å². The first kappa shape index (κ1) is 8.91. The number of aryl methyl sites for hydroxylation is 1. The van der Waals surface area contributed by atoms with Crippen molar-refractivity contribution in [3.63, 3.8) is 0 Å². The molecule has 0 aliphatic heterocycles. The molecule has 0 amide bonds. The van der Waals surface area contributed by atoms with Crippen LogP contribution in [0.3, 0.4) is 0 Å². The van der Waals surface area contributed by atoms with E-state index in [2.05, 4.69) is 10.1 Å². The van der Waals surface area contributed by atoms with Crippen LogP contribution in [0.15, 0.2) is 21.3 Å². The van der Waals surface area contributed by atoms with Crippen molar-refractivity contribution in [3.8, 4) is 17.5 Å². The van der Waals surface area contributed by atoms with Gasteiger partial charge in [0.25, 0.3) is 0 Å². The zero-order valence-electron chi connectivity index (χ0n) is 7.30. The van der Waals surface area contributed by atoms with Crippen molar-refractivity contribution in [2.45, 2.75) is 12.8 Å². The average Bonchev–Trinajstić information content (AvgIpc) is 2.85. The molecule has 0 bridgehead atoms. The SMILES string of the molecule is N#CCCc1nc(-c2ccsc2)no1. The molecule has 4 nitrogen and oxygen atoms in total. The van der Waals surface area contributed by atoms with Crippen LogP contribution in [0.1, 0.15) is 12.3 Å². The second-order valence-electron chi connectivity index (χ2n) is 2.68. The average molecular weight is 205 g/mol. The second kappa shape index (κ2) is 4.03. The molecule has 2 heterocycles. The summed E-state index contributed by atoms with van der Waals surface area (Å²) in [6.45, 7) is 0. The van der Waals surface area contributed by atoms with Crippen LogP contribution in [0.25, 0.3) is 11.4 Å². The summed E-state index contributed by atoms with van der Waals surface area (Å²) in [6.07, 6.45) is 0.929. The summed E-state index contributed by atoms with van der Waals surface area (Å²) >= 11 is 1.59. The normalized spacial score (nSPS) is 9.93. The maximum atomic E-state index is 8.38. The zero-order valence-corrected chi connectivity index (χ0v) is 8.12. The molecule has 0 aromatic carbocycles. The predicted octanol–water partition coefficient (Wildman–Crippen LogP) is 2.25. The molecule has 2 aromatic rings. The summed E-state index contributed by atoms with van der Waals surface area (Å²) in [5.41, 5.74) is 0.960. The van der Waals surface area contributed by atoms with Gasteiger partial charge in [0.2, 0.25) is 11.7 Å². The number of thiophene rings is 1. The molecule has 70 valence electrons. The highest BCUT2D eigenvalue weighted by atomic mass is 32.1. The third-order valence-electron chi connectivity index (χ3n) is 1.70. The molecule has 0 unspecified atom stereocenters. The summed E-state index contributed by atoms with van der Waals surface area (Å²) in [4.78, 5) is 4.17. The maximum absolute atomic E-state index is 8.38. The number of nitrogens with zero attached hydrogens (tertiary/aromatic N) is 3. The lowest BCUT2D eigenvalue weighted by atomic mass is 10.3. The molecule has 0 aliphatic rings. The third-order valence-corrected chi connectivity index (χ3v) is 2.38. The van der Waals surface area contributed by atoms with E-state index >= 15 is 0 Å². The fourth-order valence-corrected chi connectivity index (χ4v) is 1.66. The third kappa shape index (κ3) is 1.80. The number of nitriles is 1. The van der Waals surface area contributed by atoms with E-state index in [9.17, 15) is 0 Å². The molecule has 0 atom stereocenters. The van der Waals surface area contributed by atoms with E-state index in [1.807, 2.05) is 22.9 Å². The molecular formula is C9H7N3OS. The van der Waals surface area contributed by atoms with Crippen molar-refractivity contribution in [1.29, 1.82) is 5.26 Å². The monoisotopic (exact) mass is 205 g/mol. The number of hydrogen-bond acceptors (Lipinski definition) is 5. The Bertz CT molecular complexity index is 441. The number of rotatable bonds is 3. The van der Waals surface area contributed by atoms with E-state index < -0.39 is 0 Å². The van der Waals surface area contributed by atoms with Gasteiger partial charge in [-0.2, -0.15) is 21.6 Å². The van der Waals surface area contributed by atoms with Crippen LogP contribution in [0.4, 0.5) is 0 Å². The minimum atomic E-state index is 0.408. The van der Waals surface area contributed by atoms with Crippen molar-refractivity contribution >= 4 is 11.3 Å². The molecule has 14 heavy (non-hydrogen) atoms. The fourth-order valence-electron chi connectivity index (χ4n) is 1.03. The van der Waals surface area contributed by atoms with Crippen LogP contribution in [0.5, 0.6) is 0 Å². The molecular weight excluding hydrogens is 198 g/mol. The highest BCUT2D eigenvalue weighted by Gasteiger charge is 2.07. The minimum absolute atomic E-state index is 0.408. The summed E-state index contributed by atoms with van der Waals surface area (Å²) in [5, 5.41) is 16.1. The van der Waals surface area contributed by atoms with Gasteiger partial charge in [0.1, 0.15) is 0 Å². The molecule has 0 saturated carbocycles. The van der Waals surface area contributed by atoms with E-state index in [4.69, 9.17) is 9.78 Å². The van der Waals surface area contributed by atoms with Gasteiger partial charge in [0.15, 0.2) is 0 Å². The van der Waals surface area contributed by atoms with Gasteiger partial charge >= 0.3 is 0 Å². The number of aromatic nitrogens is 2. The molecule has 0 saturated heterocycles. The lowest BCUT2D eigenvalue weighted by Crippen LogP contribution is -1.83. The van der Waals surface area contributed by atoms with Crippen molar-refractivity contribution in [2.24, 2.45) is 0 Å². The Kier molecular flexibility index (Phi) is 2.56. The van der Waals surface area contributed by atoms with E-state index in [0.717, 1.165) is 5.56 Å². The topological polar surface area (TPSA) is 62.7 Å². The largest absolute Gasteiger partial charge is 0.339 e. The van der Waals surface area contributed by atoms with Gasteiger partial charge in [-0.05, 0) is 11.4 Å². The second-order valence-corrected chi connectivity index (χ2v) is 3.46. The molecule has 0 spiro atoms. The summed E-state index contributed by atoms with van der Waals surface area (Å²) in [6, 6.07) is 3.97. The van der Waals surface area contributed by atoms with E-state index in [-0.39, 0.29) is 0 Å². The Morgan fingerprint density at radius 2 is 2.50 bits per heavy atom. The molecule has 2 aromatic heterocycles. The van der Waals surface area contributed by atoms with Gasteiger partial charge in [-0.1, -0.05) is 5.16 Å². The molecule has 0 aliphatic carbocycles. The van der Waals surface area contributed by atoms with Gasteiger partial charge in [-0.15, -0.1) is 0 Å². The smallest absolute Gasteiger partial charge is 0.227 e. The van der Waals surface area contributed by atoms with Gasteiger partial charge < -0.3 is 4.52 Å². The van der Waals surface area contributed by atoms with Crippen molar-refractivity contribution in [3.05, 3.63) is 22.7 Å². The van der Waals surface area contributed by atoms with Crippen LogP contribution in [-0.4, -0.2) is 10.1 Å². The van der Waals surface area contributed by atoms with Crippen molar-refractivity contribution < 1.29 is 4.52 Å². The molecule has 5 heteroatoms. The number of hydrogen-bond donors (Lipinski definition) is 0. The fraction of sp³-hybridized carbons (Fsp3) is 0.222. The Hall–Kier alpha value is -1.67.